The van der Waals surface area contributed by atoms with Gasteiger partial charge in [0.25, 0.3) is 0 Å². The highest BCUT2D eigenvalue weighted by Gasteiger charge is 2.22. The Kier molecular flexibility index (Phi) is 2.90. The zero-order valence-corrected chi connectivity index (χ0v) is 8.82. The molecule has 0 radical (unpaired) electrons. The molecule has 1 aromatic carbocycles. The van der Waals surface area contributed by atoms with Gasteiger partial charge in [0.1, 0.15) is 0 Å². The molecular weight excluding hydrogens is 190 g/mol. The normalized spacial score (nSPS) is 18.1. The van der Waals surface area contributed by atoms with Crippen molar-refractivity contribution >= 4 is 11.7 Å². The molecule has 0 fully saturated rings. The van der Waals surface area contributed by atoms with Crippen LogP contribution in [0.15, 0.2) is 24.3 Å². The highest BCUT2D eigenvalue weighted by atomic mass is 16.5. The number of ether oxygens (including phenoxy) is 1. The molecule has 3 nitrogen and oxygen atoms in total. The van der Waals surface area contributed by atoms with Gasteiger partial charge in [-0.1, -0.05) is 18.2 Å². The second kappa shape index (κ2) is 4.34. The maximum absolute atomic E-state index is 11.3. The summed E-state index contributed by atoms with van der Waals surface area (Å²) in [5.41, 5.74) is 2.43. The van der Waals surface area contributed by atoms with E-state index >= 15 is 0 Å². The van der Waals surface area contributed by atoms with Crippen LogP contribution in [-0.2, 0) is 16.0 Å². The number of carbonyl (C=O) groups excluding carboxylic acids is 1. The molecule has 0 amide bonds. The SMILES string of the molecule is CCOC(=O)C[C@H]1Cc2ccccc2N1. The molecule has 1 aliphatic rings. The zero-order valence-electron chi connectivity index (χ0n) is 8.82. The summed E-state index contributed by atoms with van der Waals surface area (Å²) in [5, 5.41) is 3.32. The fourth-order valence-corrected chi connectivity index (χ4v) is 1.92. The van der Waals surface area contributed by atoms with E-state index in [2.05, 4.69) is 11.4 Å². The van der Waals surface area contributed by atoms with E-state index in [4.69, 9.17) is 4.74 Å². The van der Waals surface area contributed by atoms with Crippen molar-refractivity contribution in [3.05, 3.63) is 29.8 Å². The molecule has 15 heavy (non-hydrogen) atoms. The predicted octanol–water partition coefficient (Wildman–Crippen LogP) is 1.98. The number of nitrogens with one attached hydrogen (secondary N) is 1. The highest BCUT2D eigenvalue weighted by molar-refractivity contribution is 5.72. The molecule has 1 atom stereocenters. The molecule has 0 bridgehead atoms. The Morgan fingerprint density at radius 3 is 3.07 bits per heavy atom. The Labute approximate surface area is 89.4 Å². The van der Waals surface area contributed by atoms with Crippen LogP contribution in [0.5, 0.6) is 0 Å². The maximum atomic E-state index is 11.3. The van der Waals surface area contributed by atoms with Crippen LogP contribution in [0, 0.1) is 0 Å². The summed E-state index contributed by atoms with van der Waals surface area (Å²) in [6, 6.07) is 8.35. The number of fused-ring (bicyclic) bond motifs is 1. The summed E-state index contributed by atoms with van der Waals surface area (Å²) < 4.78 is 4.92. The van der Waals surface area contributed by atoms with E-state index in [1.54, 1.807) is 0 Å². The summed E-state index contributed by atoms with van der Waals surface area (Å²) in [7, 11) is 0. The first kappa shape index (κ1) is 10.0. The van der Waals surface area contributed by atoms with Gasteiger partial charge >= 0.3 is 5.97 Å². The second-order valence-electron chi connectivity index (χ2n) is 3.71. The summed E-state index contributed by atoms with van der Waals surface area (Å²) in [6.45, 7) is 2.28. The molecular formula is C12H15NO2. The molecule has 1 aromatic rings. The van der Waals surface area contributed by atoms with Crippen LogP contribution in [-0.4, -0.2) is 18.6 Å². The van der Waals surface area contributed by atoms with Crippen molar-refractivity contribution in [3.63, 3.8) is 0 Å². The largest absolute Gasteiger partial charge is 0.466 e. The minimum absolute atomic E-state index is 0.122. The van der Waals surface area contributed by atoms with Gasteiger partial charge < -0.3 is 10.1 Å². The number of hydrogen-bond acceptors (Lipinski definition) is 3. The van der Waals surface area contributed by atoms with Crippen LogP contribution in [0.25, 0.3) is 0 Å². The van der Waals surface area contributed by atoms with Gasteiger partial charge in [0.05, 0.1) is 13.0 Å². The zero-order chi connectivity index (χ0) is 10.7. The van der Waals surface area contributed by atoms with Crippen LogP contribution in [0.4, 0.5) is 5.69 Å². The van der Waals surface area contributed by atoms with Gasteiger partial charge in [-0.05, 0) is 25.0 Å². The van der Waals surface area contributed by atoms with Gasteiger partial charge in [-0.25, -0.2) is 0 Å². The predicted molar refractivity (Wildman–Crippen MR) is 58.8 cm³/mol. The minimum Gasteiger partial charge on any atom is -0.466 e. The first-order valence-electron chi connectivity index (χ1n) is 5.29. The molecule has 0 unspecified atom stereocenters. The molecule has 0 aliphatic carbocycles. The van der Waals surface area contributed by atoms with Crippen molar-refractivity contribution in [2.45, 2.75) is 25.8 Å². The van der Waals surface area contributed by atoms with Crippen molar-refractivity contribution in [2.75, 3.05) is 11.9 Å². The Bertz CT molecular complexity index is 337. The van der Waals surface area contributed by atoms with Crippen molar-refractivity contribution in [2.24, 2.45) is 0 Å². The van der Waals surface area contributed by atoms with Crippen LogP contribution in [0.1, 0.15) is 18.9 Å². The number of esters is 1. The number of benzene rings is 1. The molecule has 0 aromatic heterocycles. The van der Waals surface area contributed by atoms with Gasteiger partial charge in [-0.15, -0.1) is 0 Å². The van der Waals surface area contributed by atoms with Crippen molar-refractivity contribution in [1.82, 2.24) is 0 Å². The van der Waals surface area contributed by atoms with E-state index < -0.39 is 0 Å². The van der Waals surface area contributed by atoms with Crippen LogP contribution in [0.3, 0.4) is 0 Å². The molecule has 1 heterocycles. The Morgan fingerprint density at radius 1 is 1.53 bits per heavy atom. The quantitative estimate of drug-likeness (QED) is 0.767. The number of hydrogen-bond donors (Lipinski definition) is 1. The van der Waals surface area contributed by atoms with Gasteiger partial charge in [-0.2, -0.15) is 0 Å². The number of rotatable bonds is 3. The lowest BCUT2D eigenvalue weighted by molar-refractivity contribution is -0.143. The Morgan fingerprint density at radius 2 is 2.33 bits per heavy atom. The molecule has 3 heteroatoms. The van der Waals surface area contributed by atoms with Gasteiger partial charge in [0.15, 0.2) is 0 Å². The minimum atomic E-state index is -0.122. The summed E-state index contributed by atoms with van der Waals surface area (Å²) in [6.07, 6.45) is 1.36. The van der Waals surface area contributed by atoms with E-state index in [1.165, 1.54) is 5.56 Å². The van der Waals surface area contributed by atoms with Crippen molar-refractivity contribution < 1.29 is 9.53 Å². The molecule has 80 valence electrons. The number of para-hydroxylation sites is 1. The highest BCUT2D eigenvalue weighted by Crippen LogP contribution is 2.26. The molecule has 2 rings (SSSR count). The van der Waals surface area contributed by atoms with Gasteiger partial charge in [0, 0.05) is 11.7 Å². The van der Waals surface area contributed by atoms with Crippen LogP contribution >= 0.6 is 0 Å². The lowest BCUT2D eigenvalue weighted by atomic mass is 10.1. The smallest absolute Gasteiger partial charge is 0.307 e. The fourth-order valence-electron chi connectivity index (χ4n) is 1.92. The van der Waals surface area contributed by atoms with E-state index in [0.29, 0.717) is 13.0 Å². The van der Waals surface area contributed by atoms with Gasteiger partial charge in [0.2, 0.25) is 0 Å². The molecule has 0 saturated carbocycles. The lowest BCUT2D eigenvalue weighted by Crippen LogP contribution is -2.21. The van der Waals surface area contributed by atoms with Crippen molar-refractivity contribution in [3.8, 4) is 0 Å². The van der Waals surface area contributed by atoms with Crippen molar-refractivity contribution in [1.29, 1.82) is 0 Å². The Hall–Kier alpha value is -1.51. The standard InChI is InChI=1S/C12H15NO2/c1-2-15-12(14)8-10-7-9-5-3-4-6-11(9)13-10/h3-6,10,13H,2,7-8H2,1H3/t10-/m1/s1. The van der Waals surface area contributed by atoms with Gasteiger partial charge in [-0.3, -0.25) is 4.79 Å². The topological polar surface area (TPSA) is 38.3 Å². The lowest BCUT2D eigenvalue weighted by Gasteiger charge is -2.09. The average molecular weight is 205 g/mol. The van der Waals surface area contributed by atoms with E-state index in [-0.39, 0.29) is 12.0 Å². The summed E-state index contributed by atoms with van der Waals surface area (Å²) >= 11 is 0. The van der Waals surface area contributed by atoms with E-state index in [0.717, 1.165) is 12.1 Å². The van der Waals surface area contributed by atoms with Crippen LogP contribution < -0.4 is 5.32 Å². The van der Waals surface area contributed by atoms with Crippen LogP contribution in [0.2, 0.25) is 0 Å². The third-order valence-electron chi connectivity index (χ3n) is 2.56. The monoisotopic (exact) mass is 205 g/mol. The Balaban J connectivity index is 1.93. The molecule has 0 saturated heterocycles. The maximum Gasteiger partial charge on any atom is 0.307 e. The first-order valence-corrected chi connectivity index (χ1v) is 5.29. The number of anilines is 1. The fraction of sp³-hybridized carbons (Fsp3) is 0.417. The summed E-state index contributed by atoms with van der Waals surface area (Å²) in [4.78, 5) is 11.3. The third kappa shape index (κ3) is 2.29. The van der Waals surface area contributed by atoms with E-state index in [1.807, 2.05) is 25.1 Å². The second-order valence-corrected chi connectivity index (χ2v) is 3.71. The average Bonchev–Trinajstić information content (AvgIpc) is 2.59. The molecule has 1 N–H and O–H groups in total. The molecule has 0 spiro atoms. The molecule has 1 aliphatic heterocycles. The third-order valence-corrected chi connectivity index (χ3v) is 2.56. The van der Waals surface area contributed by atoms with E-state index in [9.17, 15) is 4.79 Å². The number of carbonyl (C=O) groups is 1. The summed E-state index contributed by atoms with van der Waals surface area (Å²) in [5.74, 6) is -0.122. The first-order chi connectivity index (χ1) is 7.29.